The molecule has 3 heteroatoms. The van der Waals surface area contributed by atoms with Gasteiger partial charge in [0.2, 0.25) is 0 Å². The van der Waals surface area contributed by atoms with Gasteiger partial charge in [-0.25, -0.2) is 4.79 Å². The van der Waals surface area contributed by atoms with Gasteiger partial charge in [0.1, 0.15) is 5.34 Å². The van der Waals surface area contributed by atoms with Crippen LogP contribution in [0.5, 0.6) is 0 Å². The van der Waals surface area contributed by atoms with Crippen LogP contribution in [0.25, 0.3) is 0 Å². The Morgan fingerprint density at radius 1 is 1.60 bits per heavy atom. The van der Waals surface area contributed by atoms with Crippen molar-refractivity contribution >= 4 is 15.2 Å². The fraction of sp³-hybridized carbons (Fsp3) is 0.571. The van der Waals surface area contributed by atoms with Crippen LogP contribution >= 0.6 is 9.24 Å². The van der Waals surface area contributed by atoms with E-state index >= 15 is 0 Å². The van der Waals surface area contributed by atoms with Crippen LogP contribution in [0.2, 0.25) is 0 Å². The second kappa shape index (κ2) is 3.16. The van der Waals surface area contributed by atoms with E-state index in [1.165, 1.54) is 0 Å². The van der Waals surface area contributed by atoms with E-state index < -0.39 is 5.34 Å². The normalized spacial score (nSPS) is 10.8. The van der Waals surface area contributed by atoms with Gasteiger partial charge in [-0.15, -0.1) is 0 Å². The lowest BCUT2D eigenvalue weighted by Gasteiger charge is -2.18. The molecule has 1 atom stereocenters. The molecule has 0 fully saturated rings. The number of esters is 1. The largest absolute Gasteiger partial charge is 0.452 e. The van der Waals surface area contributed by atoms with Gasteiger partial charge in [-0.1, -0.05) is 15.8 Å². The molecule has 0 aromatic rings. The van der Waals surface area contributed by atoms with Crippen molar-refractivity contribution in [1.29, 1.82) is 0 Å². The zero-order chi connectivity index (χ0) is 8.36. The molecule has 1 unspecified atom stereocenters. The molecule has 0 aromatic carbocycles. The number of carbonyl (C=O) groups excluding carboxylic acids is 1. The van der Waals surface area contributed by atoms with Gasteiger partial charge in [-0.2, -0.15) is 0 Å². The minimum absolute atomic E-state index is 0.347. The van der Waals surface area contributed by atoms with Crippen molar-refractivity contribution in [2.75, 3.05) is 0 Å². The van der Waals surface area contributed by atoms with Crippen LogP contribution in [0.1, 0.15) is 20.8 Å². The van der Waals surface area contributed by atoms with Gasteiger partial charge < -0.3 is 4.74 Å². The standard InChI is InChI=1S/C7H13O2P/c1-5(2)6(8)9-7(3,4)10/h1,10H2,2-4H3. The summed E-state index contributed by atoms with van der Waals surface area (Å²) in [4.78, 5) is 10.8. The molecule has 0 aliphatic carbocycles. The highest BCUT2D eigenvalue weighted by Gasteiger charge is 2.15. The second-order valence-corrected chi connectivity index (χ2v) is 4.16. The van der Waals surface area contributed by atoms with Crippen LogP contribution in [-0.4, -0.2) is 11.3 Å². The fourth-order valence-electron chi connectivity index (χ4n) is 0.326. The molecule has 0 amide bonds. The van der Waals surface area contributed by atoms with E-state index in [2.05, 4.69) is 15.8 Å². The maximum atomic E-state index is 10.8. The quantitative estimate of drug-likeness (QED) is 0.349. The molecule has 0 rings (SSSR count). The van der Waals surface area contributed by atoms with Crippen molar-refractivity contribution in [2.45, 2.75) is 26.1 Å². The van der Waals surface area contributed by atoms with Crippen LogP contribution in [-0.2, 0) is 9.53 Å². The maximum absolute atomic E-state index is 10.8. The van der Waals surface area contributed by atoms with E-state index in [4.69, 9.17) is 4.74 Å². The summed E-state index contributed by atoms with van der Waals surface area (Å²) in [7, 11) is 2.42. The SMILES string of the molecule is C=C(C)C(=O)OC(C)(C)P. The van der Waals surface area contributed by atoms with Crippen molar-refractivity contribution in [3.63, 3.8) is 0 Å². The van der Waals surface area contributed by atoms with Crippen LogP contribution in [0.3, 0.4) is 0 Å². The average Bonchev–Trinajstić information content (AvgIpc) is 1.60. The first-order valence-corrected chi connectivity index (χ1v) is 3.58. The predicted octanol–water partition coefficient (Wildman–Crippen LogP) is 1.72. The van der Waals surface area contributed by atoms with Crippen LogP contribution in [0, 0.1) is 0 Å². The summed E-state index contributed by atoms with van der Waals surface area (Å²) in [6.45, 7) is 8.66. The molecule has 0 bridgehead atoms. The van der Waals surface area contributed by atoms with Crippen LogP contribution in [0.4, 0.5) is 0 Å². The first kappa shape index (κ1) is 9.64. The molecule has 2 nitrogen and oxygen atoms in total. The monoisotopic (exact) mass is 160 g/mol. The fourth-order valence-corrected chi connectivity index (χ4v) is 0.433. The lowest BCUT2D eigenvalue weighted by molar-refractivity contribution is -0.144. The van der Waals surface area contributed by atoms with Crippen molar-refractivity contribution in [3.8, 4) is 0 Å². The van der Waals surface area contributed by atoms with Gasteiger partial charge in [0.15, 0.2) is 0 Å². The molecule has 0 aliphatic heterocycles. The van der Waals surface area contributed by atoms with Crippen molar-refractivity contribution in [1.82, 2.24) is 0 Å². The summed E-state index contributed by atoms with van der Waals surface area (Å²) in [6, 6.07) is 0. The molecule has 0 aromatic heterocycles. The van der Waals surface area contributed by atoms with Crippen LogP contribution in [0.15, 0.2) is 12.2 Å². The Bertz CT molecular complexity index is 155. The second-order valence-electron chi connectivity index (χ2n) is 2.77. The molecule has 0 heterocycles. The Labute approximate surface area is 63.8 Å². The Morgan fingerprint density at radius 3 is 2.10 bits per heavy atom. The smallest absolute Gasteiger partial charge is 0.333 e. The Morgan fingerprint density at radius 2 is 2.00 bits per heavy atom. The van der Waals surface area contributed by atoms with Gasteiger partial charge in [0, 0.05) is 5.57 Å². The number of ether oxygens (including phenoxy) is 1. The highest BCUT2D eigenvalue weighted by molar-refractivity contribution is 7.18. The lowest BCUT2D eigenvalue weighted by atomic mass is 10.3. The molecule has 0 saturated carbocycles. The summed E-state index contributed by atoms with van der Waals surface area (Å²) in [6.07, 6.45) is 0. The summed E-state index contributed by atoms with van der Waals surface area (Å²) in [5.74, 6) is -0.347. The topological polar surface area (TPSA) is 26.3 Å². The van der Waals surface area contributed by atoms with E-state index in [0.717, 1.165) is 0 Å². The van der Waals surface area contributed by atoms with E-state index in [-0.39, 0.29) is 5.97 Å². The van der Waals surface area contributed by atoms with E-state index in [0.29, 0.717) is 5.57 Å². The third kappa shape index (κ3) is 4.51. The van der Waals surface area contributed by atoms with Crippen molar-refractivity contribution in [3.05, 3.63) is 12.2 Å². The lowest BCUT2D eigenvalue weighted by Crippen LogP contribution is -2.20. The van der Waals surface area contributed by atoms with E-state index in [1.54, 1.807) is 20.8 Å². The van der Waals surface area contributed by atoms with Gasteiger partial charge in [-0.3, -0.25) is 0 Å². The summed E-state index contributed by atoms with van der Waals surface area (Å²) in [5.41, 5.74) is 0.426. The average molecular weight is 160 g/mol. The minimum Gasteiger partial charge on any atom is -0.452 e. The molecule has 0 N–H and O–H groups in total. The minimum atomic E-state index is -0.490. The number of hydrogen-bond donors (Lipinski definition) is 0. The molecule has 0 saturated heterocycles. The number of carbonyl (C=O) groups is 1. The number of rotatable bonds is 2. The molecular weight excluding hydrogens is 147 g/mol. The zero-order valence-electron chi connectivity index (χ0n) is 6.60. The molecule has 58 valence electrons. The summed E-state index contributed by atoms with van der Waals surface area (Å²) >= 11 is 0. The molecular formula is C7H13O2P. The maximum Gasteiger partial charge on any atom is 0.333 e. The third-order valence-electron chi connectivity index (χ3n) is 0.704. The van der Waals surface area contributed by atoms with Crippen molar-refractivity contribution in [2.24, 2.45) is 0 Å². The van der Waals surface area contributed by atoms with Crippen LogP contribution < -0.4 is 0 Å². The predicted molar refractivity (Wildman–Crippen MR) is 44.7 cm³/mol. The highest BCUT2D eigenvalue weighted by Crippen LogP contribution is 2.18. The van der Waals surface area contributed by atoms with E-state index in [1.807, 2.05) is 0 Å². The third-order valence-corrected chi connectivity index (χ3v) is 0.822. The Hall–Kier alpha value is -0.360. The first-order chi connectivity index (χ1) is 4.33. The first-order valence-electron chi connectivity index (χ1n) is 3.00. The Balaban J connectivity index is 3.93. The summed E-state index contributed by atoms with van der Waals surface area (Å²) in [5, 5.41) is -0.490. The highest BCUT2D eigenvalue weighted by atomic mass is 31.0. The van der Waals surface area contributed by atoms with E-state index in [9.17, 15) is 4.79 Å². The molecule has 0 spiro atoms. The molecule has 0 aliphatic rings. The Kier molecular flexibility index (Phi) is 3.04. The zero-order valence-corrected chi connectivity index (χ0v) is 7.76. The van der Waals surface area contributed by atoms with Gasteiger partial charge in [0.05, 0.1) is 0 Å². The molecule has 10 heavy (non-hydrogen) atoms. The van der Waals surface area contributed by atoms with Gasteiger partial charge >= 0.3 is 5.97 Å². The van der Waals surface area contributed by atoms with Gasteiger partial charge in [0.25, 0.3) is 0 Å². The summed E-state index contributed by atoms with van der Waals surface area (Å²) < 4.78 is 4.92. The van der Waals surface area contributed by atoms with Gasteiger partial charge in [-0.05, 0) is 20.8 Å². The van der Waals surface area contributed by atoms with Crippen molar-refractivity contribution < 1.29 is 9.53 Å². The number of hydrogen-bond acceptors (Lipinski definition) is 2. The molecule has 0 radical (unpaired) electrons.